The fraction of sp³-hybridized carbons (Fsp3) is 0.611. The molecule has 0 spiro atoms. The Hall–Kier alpha value is -1.55. The summed E-state index contributed by atoms with van der Waals surface area (Å²) in [5.74, 6) is 1.23. The molecule has 1 atom stereocenters. The molecule has 0 saturated carbocycles. The van der Waals surface area contributed by atoms with Gasteiger partial charge in [-0.2, -0.15) is 0 Å². The van der Waals surface area contributed by atoms with E-state index in [2.05, 4.69) is 24.0 Å². The largest absolute Gasteiger partial charge is 0.488 e. The molecule has 2 fully saturated rings. The third kappa shape index (κ3) is 3.27. The SMILES string of the molecule is CCc1cccc(OC2CN(C(C)C(=O)N3CCCC3)C2)c1. The van der Waals surface area contributed by atoms with Crippen molar-refractivity contribution in [1.82, 2.24) is 9.80 Å². The molecule has 3 rings (SSSR count). The van der Waals surface area contributed by atoms with Crippen LogP contribution in [0.3, 0.4) is 0 Å². The Bertz CT molecular complexity index is 520. The molecule has 1 unspecified atom stereocenters. The predicted octanol–water partition coefficient (Wildman–Crippen LogP) is 2.32. The van der Waals surface area contributed by atoms with Gasteiger partial charge in [0.1, 0.15) is 11.9 Å². The Balaban J connectivity index is 1.47. The second-order valence-electron chi connectivity index (χ2n) is 6.40. The monoisotopic (exact) mass is 302 g/mol. The van der Waals surface area contributed by atoms with Crippen molar-refractivity contribution in [3.05, 3.63) is 29.8 Å². The summed E-state index contributed by atoms with van der Waals surface area (Å²) in [4.78, 5) is 16.6. The molecule has 4 heteroatoms. The maximum absolute atomic E-state index is 12.4. The number of likely N-dealkylation sites (tertiary alicyclic amines) is 2. The van der Waals surface area contributed by atoms with E-state index in [9.17, 15) is 4.79 Å². The number of nitrogens with zero attached hydrogens (tertiary/aromatic N) is 2. The number of hydrogen-bond donors (Lipinski definition) is 0. The minimum atomic E-state index is -0.0140. The quantitative estimate of drug-likeness (QED) is 0.837. The van der Waals surface area contributed by atoms with Crippen molar-refractivity contribution in [1.29, 1.82) is 0 Å². The van der Waals surface area contributed by atoms with Crippen LogP contribution in [0.25, 0.3) is 0 Å². The Labute approximate surface area is 133 Å². The highest BCUT2D eigenvalue weighted by Gasteiger charge is 2.36. The van der Waals surface area contributed by atoms with E-state index in [1.54, 1.807) is 0 Å². The van der Waals surface area contributed by atoms with Crippen molar-refractivity contribution in [2.75, 3.05) is 26.2 Å². The molecule has 2 aliphatic heterocycles. The average molecular weight is 302 g/mol. The van der Waals surface area contributed by atoms with Crippen molar-refractivity contribution in [3.63, 3.8) is 0 Å². The normalized spacial score (nSPS) is 20.7. The zero-order chi connectivity index (χ0) is 15.5. The molecule has 1 aromatic carbocycles. The van der Waals surface area contributed by atoms with Crippen LogP contribution in [-0.4, -0.2) is 54.0 Å². The maximum Gasteiger partial charge on any atom is 0.239 e. The molecule has 0 radical (unpaired) electrons. The zero-order valence-electron chi connectivity index (χ0n) is 13.6. The van der Waals surface area contributed by atoms with Gasteiger partial charge >= 0.3 is 0 Å². The number of ether oxygens (including phenoxy) is 1. The summed E-state index contributed by atoms with van der Waals surface area (Å²) in [6, 6.07) is 8.28. The fourth-order valence-electron chi connectivity index (χ4n) is 3.25. The van der Waals surface area contributed by atoms with Crippen LogP contribution in [0.5, 0.6) is 5.75 Å². The molecular formula is C18H26N2O2. The molecule has 0 bridgehead atoms. The second kappa shape index (κ2) is 6.69. The van der Waals surface area contributed by atoms with E-state index in [1.807, 2.05) is 24.0 Å². The van der Waals surface area contributed by atoms with Crippen molar-refractivity contribution < 1.29 is 9.53 Å². The van der Waals surface area contributed by atoms with E-state index in [0.717, 1.165) is 51.2 Å². The summed E-state index contributed by atoms with van der Waals surface area (Å²) >= 11 is 0. The van der Waals surface area contributed by atoms with Crippen LogP contribution in [0.1, 0.15) is 32.3 Å². The number of aryl methyl sites for hydroxylation is 1. The van der Waals surface area contributed by atoms with E-state index >= 15 is 0 Å². The minimum Gasteiger partial charge on any atom is -0.488 e. The fourth-order valence-corrected chi connectivity index (χ4v) is 3.25. The maximum atomic E-state index is 12.4. The smallest absolute Gasteiger partial charge is 0.239 e. The van der Waals surface area contributed by atoms with Crippen LogP contribution in [0, 0.1) is 0 Å². The van der Waals surface area contributed by atoms with E-state index in [-0.39, 0.29) is 18.1 Å². The predicted molar refractivity (Wildman–Crippen MR) is 87.1 cm³/mol. The van der Waals surface area contributed by atoms with Crippen LogP contribution in [0.15, 0.2) is 24.3 Å². The van der Waals surface area contributed by atoms with Gasteiger partial charge in [-0.05, 0) is 43.9 Å². The Kier molecular flexibility index (Phi) is 4.67. The Morgan fingerprint density at radius 1 is 1.32 bits per heavy atom. The lowest BCUT2D eigenvalue weighted by molar-refractivity contribution is -0.139. The van der Waals surface area contributed by atoms with Crippen molar-refractivity contribution in [3.8, 4) is 5.75 Å². The Morgan fingerprint density at radius 2 is 2.05 bits per heavy atom. The molecule has 0 aromatic heterocycles. The molecule has 1 aromatic rings. The number of benzene rings is 1. The van der Waals surface area contributed by atoms with Gasteiger partial charge in [0.2, 0.25) is 5.91 Å². The topological polar surface area (TPSA) is 32.8 Å². The van der Waals surface area contributed by atoms with Gasteiger partial charge < -0.3 is 9.64 Å². The first-order chi connectivity index (χ1) is 10.7. The van der Waals surface area contributed by atoms with Crippen LogP contribution >= 0.6 is 0 Å². The molecule has 2 aliphatic rings. The molecule has 2 heterocycles. The highest BCUT2D eigenvalue weighted by molar-refractivity contribution is 5.81. The lowest BCUT2D eigenvalue weighted by Gasteiger charge is -2.42. The molecule has 120 valence electrons. The molecular weight excluding hydrogens is 276 g/mol. The van der Waals surface area contributed by atoms with Gasteiger partial charge in [-0.25, -0.2) is 0 Å². The molecule has 0 N–H and O–H groups in total. The second-order valence-corrected chi connectivity index (χ2v) is 6.40. The molecule has 22 heavy (non-hydrogen) atoms. The highest BCUT2D eigenvalue weighted by atomic mass is 16.5. The third-order valence-electron chi connectivity index (χ3n) is 4.81. The summed E-state index contributed by atoms with van der Waals surface area (Å²) in [7, 11) is 0. The van der Waals surface area contributed by atoms with E-state index in [4.69, 9.17) is 4.74 Å². The lowest BCUT2D eigenvalue weighted by atomic mass is 10.1. The van der Waals surface area contributed by atoms with Crippen molar-refractivity contribution >= 4 is 5.91 Å². The van der Waals surface area contributed by atoms with Crippen LogP contribution in [0.2, 0.25) is 0 Å². The summed E-state index contributed by atoms with van der Waals surface area (Å²) in [5, 5.41) is 0. The standard InChI is InChI=1S/C18H26N2O2/c1-3-15-7-6-8-16(11-15)22-17-12-20(13-17)14(2)18(21)19-9-4-5-10-19/h6-8,11,14,17H,3-5,9-10,12-13H2,1-2H3. The highest BCUT2D eigenvalue weighted by Crippen LogP contribution is 2.22. The van der Waals surface area contributed by atoms with E-state index < -0.39 is 0 Å². The zero-order valence-corrected chi connectivity index (χ0v) is 13.6. The van der Waals surface area contributed by atoms with Crippen LogP contribution in [0.4, 0.5) is 0 Å². The average Bonchev–Trinajstić information content (AvgIpc) is 3.03. The number of hydrogen-bond acceptors (Lipinski definition) is 3. The molecule has 1 amide bonds. The lowest BCUT2D eigenvalue weighted by Crippen LogP contribution is -2.60. The van der Waals surface area contributed by atoms with Gasteiger partial charge in [-0.1, -0.05) is 19.1 Å². The molecule has 4 nitrogen and oxygen atoms in total. The van der Waals surface area contributed by atoms with Gasteiger partial charge in [-0.3, -0.25) is 9.69 Å². The van der Waals surface area contributed by atoms with Crippen LogP contribution in [-0.2, 0) is 11.2 Å². The first-order valence-electron chi connectivity index (χ1n) is 8.46. The minimum absolute atomic E-state index is 0.0140. The summed E-state index contributed by atoms with van der Waals surface area (Å²) in [5.41, 5.74) is 1.30. The number of carbonyl (C=O) groups excluding carboxylic acids is 1. The van der Waals surface area contributed by atoms with Crippen LogP contribution < -0.4 is 4.74 Å². The summed E-state index contributed by atoms with van der Waals surface area (Å²) in [6.45, 7) is 7.72. The van der Waals surface area contributed by atoms with E-state index in [1.165, 1.54) is 5.56 Å². The summed E-state index contributed by atoms with van der Waals surface area (Å²) in [6.07, 6.45) is 3.53. The van der Waals surface area contributed by atoms with Gasteiger partial charge in [0.25, 0.3) is 0 Å². The number of rotatable bonds is 5. The van der Waals surface area contributed by atoms with E-state index in [0.29, 0.717) is 0 Å². The molecule has 0 aliphatic carbocycles. The number of amides is 1. The van der Waals surface area contributed by atoms with Crippen molar-refractivity contribution in [2.24, 2.45) is 0 Å². The third-order valence-corrected chi connectivity index (χ3v) is 4.81. The first-order valence-corrected chi connectivity index (χ1v) is 8.46. The van der Waals surface area contributed by atoms with Gasteiger partial charge in [-0.15, -0.1) is 0 Å². The summed E-state index contributed by atoms with van der Waals surface area (Å²) < 4.78 is 6.01. The molecule has 2 saturated heterocycles. The first kappa shape index (κ1) is 15.3. The Morgan fingerprint density at radius 3 is 2.73 bits per heavy atom. The van der Waals surface area contributed by atoms with Gasteiger partial charge in [0.05, 0.1) is 6.04 Å². The van der Waals surface area contributed by atoms with Crippen molar-refractivity contribution in [2.45, 2.75) is 45.3 Å². The van der Waals surface area contributed by atoms with Gasteiger partial charge in [0.15, 0.2) is 0 Å². The van der Waals surface area contributed by atoms with Gasteiger partial charge in [0, 0.05) is 26.2 Å². The number of carbonyl (C=O) groups is 1.